The Morgan fingerprint density at radius 2 is 1.76 bits per heavy atom. The fourth-order valence-corrected chi connectivity index (χ4v) is 3.54. The van der Waals surface area contributed by atoms with Crippen molar-refractivity contribution < 1.29 is 14.3 Å². The maximum absolute atomic E-state index is 12.8. The predicted molar refractivity (Wildman–Crippen MR) is 98.9 cm³/mol. The summed E-state index contributed by atoms with van der Waals surface area (Å²) in [7, 11) is 3.13. The molecule has 0 aliphatic heterocycles. The zero-order valence-corrected chi connectivity index (χ0v) is 14.3. The maximum Gasteiger partial charge on any atom is 0.259 e. The molecule has 1 amide bonds. The van der Waals surface area contributed by atoms with E-state index in [0.717, 1.165) is 23.9 Å². The van der Waals surface area contributed by atoms with Gasteiger partial charge in [-0.1, -0.05) is 24.3 Å². The Morgan fingerprint density at radius 3 is 2.52 bits per heavy atom. The minimum atomic E-state index is -0.213. The van der Waals surface area contributed by atoms with Gasteiger partial charge in [-0.3, -0.25) is 4.79 Å². The third-order valence-corrected chi connectivity index (χ3v) is 4.78. The van der Waals surface area contributed by atoms with Crippen LogP contribution in [0.1, 0.15) is 21.5 Å². The Balaban J connectivity index is 1.74. The van der Waals surface area contributed by atoms with Crippen molar-refractivity contribution in [2.75, 3.05) is 19.5 Å². The quantitative estimate of drug-likeness (QED) is 0.778. The van der Waals surface area contributed by atoms with Crippen LogP contribution < -0.4 is 14.8 Å². The van der Waals surface area contributed by atoms with E-state index in [1.165, 1.54) is 16.5 Å². The second-order valence-corrected chi connectivity index (χ2v) is 6.13. The van der Waals surface area contributed by atoms with Crippen molar-refractivity contribution in [1.82, 2.24) is 0 Å². The second-order valence-electron chi connectivity index (χ2n) is 6.13. The molecule has 126 valence electrons. The summed E-state index contributed by atoms with van der Waals surface area (Å²) in [5.41, 5.74) is 3.97. The summed E-state index contributed by atoms with van der Waals surface area (Å²) in [4.78, 5) is 12.8. The third kappa shape index (κ3) is 2.60. The smallest absolute Gasteiger partial charge is 0.259 e. The number of ether oxygens (including phenoxy) is 2. The molecule has 4 nitrogen and oxygen atoms in total. The molecule has 0 saturated carbocycles. The molecule has 0 heterocycles. The molecule has 0 spiro atoms. The number of benzene rings is 3. The number of methoxy groups -OCH3 is 2. The summed E-state index contributed by atoms with van der Waals surface area (Å²) >= 11 is 0. The zero-order valence-electron chi connectivity index (χ0n) is 14.3. The molecular formula is C21H19NO3. The first-order valence-electron chi connectivity index (χ1n) is 8.28. The van der Waals surface area contributed by atoms with E-state index in [1.54, 1.807) is 32.4 Å². The van der Waals surface area contributed by atoms with E-state index in [4.69, 9.17) is 9.47 Å². The zero-order chi connectivity index (χ0) is 17.4. The number of aryl methyl sites for hydroxylation is 2. The molecule has 0 aromatic heterocycles. The molecule has 0 unspecified atom stereocenters. The van der Waals surface area contributed by atoms with Gasteiger partial charge in [-0.05, 0) is 53.6 Å². The van der Waals surface area contributed by atoms with Crippen LogP contribution in [0.15, 0.2) is 48.5 Å². The van der Waals surface area contributed by atoms with Crippen LogP contribution in [0, 0.1) is 0 Å². The molecule has 0 atom stereocenters. The van der Waals surface area contributed by atoms with Gasteiger partial charge in [0.05, 0.1) is 19.8 Å². The number of carbonyl (C=O) groups is 1. The number of amides is 1. The highest BCUT2D eigenvalue weighted by Gasteiger charge is 2.18. The average molecular weight is 333 g/mol. The highest BCUT2D eigenvalue weighted by atomic mass is 16.5. The van der Waals surface area contributed by atoms with E-state index in [1.807, 2.05) is 6.07 Å². The van der Waals surface area contributed by atoms with Gasteiger partial charge in [0.2, 0.25) is 0 Å². The minimum absolute atomic E-state index is 0.213. The summed E-state index contributed by atoms with van der Waals surface area (Å²) in [6.07, 6.45) is 2.13. The third-order valence-electron chi connectivity index (χ3n) is 4.78. The first-order chi connectivity index (χ1) is 12.2. The highest BCUT2D eigenvalue weighted by molar-refractivity contribution is 6.11. The van der Waals surface area contributed by atoms with Gasteiger partial charge in [0, 0.05) is 11.1 Å². The van der Waals surface area contributed by atoms with Crippen molar-refractivity contribution >= 4 is 22.4 Å². The lowest BCUT2D eigenvalue weighted by molar-refractivity contribution is 0.102. The molecule has 4 rings (SSSR count). The predicted octanol–water partition coefficient (Wildman–Crippen LogP) is 4.21. The van der Waals surface area contributed by atoms with Gasteiger partial charge in [0.15, 0.2) is 0 Å². The van der Waals surface area contributed by atoms with Crippen LogP contribution in [0.2, 0.25) is 0 Å². The second kappa shape index (κ2) is 6.13. The van der Waals surface area contributed by atoms with E-state index in [2.05, 4.69) is 29.6 Å². The minimum Gasteiger partial charge on any atom is -0.497 e. The van der Waals surface area contributed by atoms with Gasteiger partial charge in [0.25, 0.3) is 5.91 Å². The van der Waals surface area contributed by atoms with Crippen LogP contribution >= 0.6 is 0 Å². The van der Waals surface area contributed by atoms with Gasteiger partial charge in [-0.2, -0.15) is 0 Å². The molecule has 1 aliphatic rings. The maximum atomic E-state index is 12.8. The molecule has 0 fully saturated rings. The van der Waals surface area contributed by atoms with Crippen LogP contribution in [0.25, 0.3) is 10.8 Å². The monoisotopic (exact) mass is 333 g/mol. The fourth-order valence-electron chi connectivity index (χ4n) is 3.54. The molecule has 25 heavy (non-hydrogen) atoms. The number of hydrogen-bond acceptors (Lipinski definition) is 3. The highest BCUT2D eigenvalue weighted by Crippen LogP contribution is 2.35. The van der Waals surface area contributed by atoms with Gasteiger partial charge < -0.3 is 14.8 Å². The lowest BCUT2D eigenvalue weighted by atomic mass is 10.0. The van der Waals surface area contributed by atoms with Crippen molar-refractivity contribution in [2.24, 2.45) is 0 Å². The molecular weight excluding hydrogens is 314 g/mol. The average Bonchev–Trinajstić information content (AvgIpc) is 3.08. The van der Waals surface area contributed by atoms with Crippen molar-refractivity contribution in [3.63, 3.8) is 0 Å². The van der Waals surface area contributed by atoms with Gasteiger partial charge >= 0.3 is 0 Å². The van der Waals surface area contributed by atoms with Crippen LogP contribution in [0.3, 0.4) is 0 Å². The van der Waals surface area contributed by atoms with E-state index in [-0.39, 0.29) is 5.91 Å². The van der Waals surface area contributed by atoms with Crippen molar-refractivity contribution in [2.45, 2.75) is 12.8 Å². The van der Waals surface area contributed by atoms with Crippen LogP contribution in [-0.4, -0.2) is 20.1 Å². The Kier molecular flexibility index (Phi) is 3.80. The standard InChI is InChI=1S/C21H19NO3/c1-24-15-9-11-19(25-2)17(12-15)21(23)22-18-10-8-14-7-6-13-4-3-5-16(18)20(13)14/h3-5,8-12H,6-7H2,1-2H3,(H,22,23). The molecule has 1 N–H and O–H groups in total. The Labute approximate surface area is 146 Å². The Hall–Kier alpha value is -3.01. The molecule has 3 aromatic carbocycles. The normalized spacial score (nSPS) is 12.2. The Morgan fingerprint density at radius 1 is 0.960 bits per heavy atom. The molecule has 0 radical (unpaired) electrons. The SMILES string of the molecule is COc1ccc(OC)c(C(=O)Nc2ccc3c4c(cccc24)CC3)c1. The molecule has 4 heteroatoms. The lowest BCUT2D eigenvalue weighted by Gasteiger charge is -2.13. The van der Waals surface area contributed by atoms with Gasteiger partial charge in [0.1, 0.15) is 11.5 Å². The van der Waals surface area contributed by atoms with Crippen molar-refractivity contribution in [3.8, 4) is 11.5 Å². The lowest BCUT2D eigenvalue weighted by Crippen LogP contribution is -2.13. The summed E-state index contributed by atoms with van der Waals surface area (Å²) in [5.74, 6) is 0.921. The van der Waals surface area contributed by atoms with Crippen LogP contribution in [0.5, 0.6) is 11.5 Å². The molecule has 3 aromatic rings. The number of nitrogens with one attached hydrogen (secondary N) is 1. The van der Waals surface area contributed by atoms with Crippen LogP contribution in [0.4, 0.5) is 5.69 Å². The van der Waals surface area contributed by atoms with Gasteiger partial charge in [-0.15, -0.1) is 0 Å². The summed E-state index contributed by atoms with van der Waals surface area (Å²) in [6, 6.07) is 15.6. The first kappa shape index (κ1) is 15.5. The molecule has 1 aliphatic carbocycles. The number of hydrogen-bond donors (Lipinski definition) is 1. The topological polar surface area (TPSA) is 47.6 Å². The number of rotatable bonds is 4. The van der Waals surface area contributed by atoms with E-state index in [9.17, 15) is 4.79 Å². The van der Waals surface area contributed by atoms with E-state index in [0.29, 0.717) is 17.1 Å². The number of anilines is 1. The largest absolute Gasteiger partial charge is 0.497 e. The molecule has 0 saturated heterocycles. The Bertz CT molecular complexity index is 968. The molecule has 0 bridgehead atoms. The van der Waals surface area contributed by atoms with E-state index < -0.39 is 0 Å². The van der Waals surface area contributed by atoms with Crippen LogP contribution in [-0.2, 0) is 12.8 Å². The van der Waals surface area contributed by atoms with Crippen molar-refractivity contribution in [1.29, 1.82) is 0 Å². The first-order valence-corrected chi connectivity index (χ1v) is 8.28. The summed E-state index contributed by atoms with van der Waals surface area (Å²) in [6.45, 7) is 0. The summed E-state index contributed by atoms with van der Waals surface area (Å²) in [5, 5.41) is 5.40. The van der Waals surface area contributed by atoms with Gasteiger partial charge in [-0.25, -0.2) is 0 Å². The van der Waals surface area contributed by atoms with Crippen molar-refractivity contribution in [3.05, 3.63) is 65.2 Å². The van der Waals surface area contributed by atoms with E-state index >= 15 is 0 Å². The summed E-state index contributed by atoms with van der Waals surface area (Å²) < 4.78 is 10.6. The fraction of sp³-hybridized carbons (Fsp3) is 0.190. The number of carbonyl (C=O) groups excluding carboxylic acids is 1.